The predicted molar refractivity (Wildman–Crippen MR) is 91.6 cm³/mol. The van der Waals surface area contributed by atoms with Crippen molar-refractivity contribution in [2.75, 3.05) is 20.1 Å². The third kappa shape index (κ3) is 3.14. The normalized spacial score (nSPS) is 18.6. The van der Waals surface area contributed by atoms with Gasteiger partial charge in [-0.25, -0.2) is 0 Å². The summed E-state index contributed by atoms with van der Waals surface area (Å²) in [6.45, 7) is 5.90. The van der Waals surface area contributed by atoms with Crippen LogP contribution in [0.2, 0.25) is 0 Å². The van der Waals surface area contributed by atoms with Crippen LogP contribution in [0.15, 0.2) is 22.6 Å². The molecule has 2 N–H and O–H groups in total. The zero-order valence-corrected chi connectivity index (χ0v) is 14.3. The van der Waals surface area contributed by atoms with Crippen LogP contribution >= 0.6 is 0 Å². The molecule has 1 aliphatic heterocycles. The maximum Gasteiger partial charge on any atom is 0.237 e. The molecule has 1 aromatic heterocycles. The van der Waals surface area contributed by atoms with Crippen LogP contribution in [0.25, 0.3) is 11.0 Å². The summed E-state index contributed by atoms with van der Waals surface area (Å²) < 4.78 is 6.00. The first-order chi connectivity index (χ1) is 11.5. The largest absolute Gasteiger partial charge is 0.459 e. The molecule has 0 aliphatic carbocycles. The van der Waals surface area contributed by atoms with E-state index in [9.17, 15) is 9.59 Å². The van der Waals surface area contributed by atoms with Gasteiger partial charge in [0.2, 0.25) is 11.8 Å². The summed E-state index contributed by atoms with van der Waals surface area (Å²) in [6, 6.07) is 5.65. The first-order valence-corrected chi connectivity index (χ1v) is 8.20. The minimum absolute atomic E-state index is 0.102. The Hall–Kier alpha value is -2.34. The molecule has 1 aromatic carbocycles. The van der Waals surface area contributed by atoms with Gasteiger partial charge in [-0.15, -0.1) is 0 Å². The second-order valence-electron chi connectivity index (χ2n) is 6.30. The molecule has 128 valence electrons. The molecule has 2 heterocycles. The Balaban J connectivity index is 1.86. The van der Waals surface area contributed by atoms with Gasteiger partial charge in [0.25, 0.3) is 0 Å². The number of amides is 2. The van der Waals surface area contributed by atoms with E-state index in [0.29, 0.717) is 19.6 Å². The van der Waals surface area contributed by atoms with Crippen LogP contribution in [0.1, 0.15) is 23.3 Å². The minimum Gasteiger partial charge on any atom is -0.459 e. The molecule has 0 spiro atoms. The van der Waals surface area contributed by atoms with Crippen LogP contribution < -0.4 is 10.6 Å². The molecule has 1 atom stereocenters. The second-order valence-corrected chi connectivity index (χ2v) is 6.30. The number of carbonyl (C=O) groups excluding carboxylic acids is 2. The zero-order chi connectivity index (χ0) is 17.3. The van der Waals surface area contributed by atoms with Crippen LogP contribution in [-0.2, 0) is 16.1 Å². The first kappa shape index (κ1) is 16.5. The summed E-state index contributed by atoms with van der Waals surface area (Å²) in [4.78, 5) is 25.9. The summed E-state index contributed by atoms with van der Waals surface area (Å²) in [6.07, 6.45) is 0.153. The molecule has 2 aromatic rings. The van der Waals surface area contributed by atoms with Gasteiger partial charge in [0.05, 0.1) is 19.0 Å². The van der Waals surface area contributed by atoms with Gasteiger partial charge in [-0.3, -0.25) is 14.5 Å². The quantitative estimate of drug-likeness (QED) is 0.891. The van der Waals surface area contributed by atoms with Crippen LogP contribution in [0.5, 0.6) is 0 Å². The molecule has 0 saturated carbocycles. The van der Waals surface area contributed by atoms with E-state index in [1.807, 2.05) is 24.0 Å². The molecule has 1 fully saturated rings. The number of benzene rings is 1. The number of hydrogen-bond donors (Lipinski definition) is 2. The molecular formula is C18H23N3O3. The summed E-state index contributed by atoms with van der Waals surface area (Å²) in [5.74, 6) is 0.612. The highest BCUT2D eigenvalue weighted by atomic mass is 16.3. The molecule has 24 heavy (non-hydrogen) atoms. The second kappa shape index (κ2) is 6.65. The summed E-state index contributed by atoms with van der Waals surface area (Å²) in [5, 5.41) is 6.53. The third-order valence-corrected chi connectivity index (χ3v) is 4.64. The molecule has 1 saturated heterocycles. The number of nitrogens with zero attached hydrogens (tertiary/aromatic N) is 1. The Bertz CT molecular complexity index is 781. The third-order valence-electron chi connectivity index (χ3n) is 4.64. The Morgan fingerprint density at radius 1 is 1.42 bits per heavy atom. The minimum atomic E-state index is -0.465. The number of furan rings is 1. The Kier molecular flexibility index (Phi) is 4.57. The SMILES string of the molecule is CNC(=O)CC1C(=O)NCCN1Cc1oc2ccc(C)cc2c1C. The fraction of sp³-hybridized carbons (Fsp3) is 0.444. The average Bonchev–Trinajstić information content (AvgIpc) is 2.86. The van der Waals surface area contributed by atoms with E-state index in [2.05, 4.69) is 23.6 Å². The van der Waals surface area contributed by atoms with Crippen LogP contribution in [0.3, 0.4) is 0 Å². The molecule has 1 aliphatic rings. The number of piperazine rings is 1. The highest BCUT2D eigenvalue weighted by Crippen LogP contribution is 2.28. The zero-order valence-electron chi connectivity index (χ0n) is 14.3. The number of aryl methyl sites for hydroxylation is 2. The molecule has 3 rings (SSSR count). The van der Waals surface area contributed by atoms with Crippen molar-refractivity contribution in [2.45, 2.75) is 32.9 Å². The van der Waals surface area contributed by atoms with Gasteiger partial charge in [0.1, 0.15) is 11.3 Å². The molecular weight excluding hydrogens is 306 g/mol. The Morgan fingerprint density at radius 3 is 2.96 bits per heavy atom. The molecule has 2 amide bonds. The van der Waals surface area contributed by atoms with Crippen molar-refractivity contribution in [1.82, 2.24) is 15.5 Å². The van der Waals surface area contributed by atoms with Crippen molar-refractivity contribution >= 4 is 22.8 Å². The lowest BCUT2D eigenvalue weighted by molar-refractivity contribution is -0.134. The van der Waals surface area contributed by atoms with Crippen molar-refractivity contribution in [3.05, 3.63) is 35.1 Å². The highest BCUT2D eigenvalue weighted by Gasteiger charge is 2.32. The number of fused-ring (bicyclic) bond motifs is 1. The standard InChI is InChI=1S/C18H23N3O3/c1-11-4-5-15-13(8-11)12(2)16(24-15)10-21-7-6-20-18(23)14(21)9-17(22)19-3/h4-5,8,14H,6-7,9-10H2,1-3H3,(H,19,22)(H,20,23). The van der Waals surface area contributed by atoms with Crippen LogP contribution in [0.4, 0.5) is 0 Å². The van der Waals surface area contributed by atoms with Crippen molar-refractivity contribution in [3.63, 3.8) is 0 Å². The topological polar surface area (TPSA) is 74.6 Å². The lowest BCUT2D eigenvalue weighted by atomic mass is 10.1. The molecule has 0 radical (unpaired) electrons. The number of rotatable bonds is 4. The molecule has 0 bridgehead atoms. The molecule has 1 unspecified atom stereocenters. The van der Waals surface area contributed by atoms with E-state index >= 15 is 0 Å². The fourth-order valence-corrected chi connectivity index (χ4v) is 3.17. The van der Waals surface area contributed by atoms with E-state index in [0.717, 1.165) is 22.3 Å². The average molecular weight is 329 g/mol. The van der Waals surface area contributed by atoms with Gasteiger partial charge < -0.3 is 15.1 Å². The van der Waals surface area contributed by atoms with Gasteiger partial charge in [0, 0.05) is 25.5 Å². The number of hydrogen-bond acceptors (Lipinski definition) is 4. The van der Waals surface area contributed by atoms with Gasteiger partial charge >= 0.3 is 0 Å². The Labute approximate surface area is 141 Å². The summed E-state index contributed by atoms with van der Waals surface area (Å²) >= 11 is 0. The van der Waals surface area contributed by atoms with Crippen molar-refractivity contribution in [2.24, 2.45) is 0 Å². The Morgan fingerprint density at radius 2 is 2.21 bits per heavy atom. The summed E-state index contributed by atoms with van der Waals surface area (Å²) in [7, 11) is 1.58. The van der Waals surface area contributed by atoms with Crippen molar-refractivity contribution in [3.8, 4) is 0 Å². The first-order valence-electron chi connectivity index (χ1n) is 8.20. The predicted octanol–water partition coefficient (Wildman–Crippen LogP) is 1.49. The number of nitrogens with one attached hydrogen (secondary N) is 2. The highest BCUT2D eigenvalue weighted by molar-refractivity contribution is 5.88. The van der Waals surface area contributed by atoms with E-state index in [1.54, 1.807) is 7.05 Å². The van der Waals surface area contributed by atoms with Crippen LogP contribution in [0, 0.1) is 13.8 Å². The smallest absolute Gasteiger partial charge is 0.237 e. The molecule has 6 nitrogen and oxygen atoms in total. The monoisotopic (exact) mass is 329 g/mol. The van der Waals surface area contributed by atoms with E-state index in [4.69, 9.17) is 4.42 Å². The maximum absolute atomic E-state index is 12.2. The lowest BCUT2D eigenvalue weighted by Gasteiger charge is -2.34. The van der Waals surface area contributed by atoms with Crippen molar-refractivity contribution < 1.29 is 14.0 Å². The lowest BCUT2D eigenvalue weighted by Crippen LogP contribution is -2.56. The van der Waals surface area contributed by atoms with Gasteiger partial charge in [-0.2, -0.15) is 0 Å². The fourth-order valence-electron chi connectivity index (χ4n) is 3.17. The van der Waals surface area contributed by atoms with Gasteiger partial charge in [0.15, 0.2) is 0 Å². The maximum atomic E-state index is 12.2. The van der Waals surface area contributed by atoms with E-state index in [-0.39, 0.29) is 18.2 Å². The van der Waals surface area contributed by atoms with E-state index in [1.165, 1.54) is 5.56 Å². The molecule has 6 heteroatoms. The van der Waals surface area contributed by atoms with Gasteiger partial charge in [-0.05, 0) is 31.5 Å². The van der Waals surface area contributed by atoms with Crippen LogP contribution in [-0.4, -0.2) is 42.9 Å². The van der Waals surface area contributed by atoms with E-state index < -0.39 is 6.04 Å². The van der Waals surface area contributed by atoms with Gasteiger partial charge in [-0.1, -0.05) is 11.6 Å². The van der Waals surface area contributed by atoms with Crippen molar-refractivity contribution in [1.29, 1.82) is 0 Å². The number of carbonyl (C=O) groups is 2. The summed E-state index contributed by atoms with van der Waals surface area (Å²) in [5.41, 5.74) is 3.14.